The number of oxazole rings is 1. The molecule has 31 heavy (non-hydrogen) atoms. The van der Waals surface area contributed by atoms with Gasteiger partial charge in [-0.05, 0) is 67.2 Å². The van der Waals surface area contributed by atoms with Crippen LogP contribution in [0.2, 0.25) is 5.02 Å². The minimum Gasteiger partial charge on any atom is -0.429 e. The van der Waals surface area contributed by atoms with Gasteiger partial charge in [-0.2, -0.15) is 0 Å². The number of rotatable bonds is 5. The van der Waals surface area contributed by atoms with Crippen molar-refractivity contribution < 1.29 is 13.6 Å². The minimum absolute atomic E-state index is 0.143. The summed E-state index contributed by atoms with van der Waals surface area (Å²) in [4.78, 5) is 23.5. The number of amides is 1. The number of carbonyl (C=O) groups is 1. The number of anilines is 1. The summed E-state index contributed by atoms with van der Waals surface area (Å²) in [5.74, 6) is -0.486. The lowest BCUT2D eigenvalue weighted by Gasteiger charge is -2.16. The first-order chi connectivity index (χ1) is 14.9. The first-order valence-corrected chi connectivity index (χ1v) is 10.5. The van der Waals surface area contributed by atoms with Crippen LogP contribution in [0.5, 0.6) is 0 Å². The van der Waals surface area contributed by atoms with Crippen molar-refractivity contribution in [2.45, 2.75) is 17.0 Å². The fourth-order valence-electron chi connectivity index (χ4n) is 2.79. The number of halogens is 2. The molecule has 0 aliphatic carbocycles. The van der Waals surface area contributed by atoms with Gasteiger partial charge in [-0.1, -0.05) is 29.3 Å². The van der Waals surface area contributed by atoms with E-state index in [0.717, 1.165) is 23.0 Å². The van der Waals surface area contributed by atoms with Gasteiger partial charge in [-0.25, -0.2) is 14.4 Å². The fourth-order valence-corrected chi connectivity index (χ4v) is 3.68. The molecule has 0 saturated heterocycles. The van der Waals surface area contributed by atoms with E-state index in [-0.39, 0.29) is 28.4 Å². The lowest BCUT2D eigenvalue weighted by Crippen LogP contribution is -2.27. The summed E-state index contributed by atoms with van der Waals surface area (Å²) >= 11 is 7.08. The Kier molecular flexibility index (Phi) is 6.06. The fraction of sp³-hybridized carbons (Fsp3) is 0.0870. The quantitative estimate of drug-likeness (QED) is 0.356. The summed E-state index contributed by atoms with van der Waals surface area (Å²) in [5.41, 5.74) is 2.52. The molecule has 4 aromatic rings. The van der Waals surface area contributed by atoms with E-state index in [1.807, 2.05) is 31.2 Å². The molecule has 1 amide bonds. The number of hydrogen-bond acceptors (Lipinski definition) is 5. The molecule has 2 aromatic carbocycles. The summed E-state index contributed by atoms with van der Waals surface area (Å²) in [6.45, 7) is 1.98. The van der Waals surface area contributed by atoms with Crippen molar-refractivity contribution >= 4 is 35.0 Å². The van der Waals surface area contributed by atoms with Gasteiger partial charge in [0, 0.05) is 24.5 Å². The van der Waals surface area contributed by atoms with E-state index in [0.29, 0.717) is 15.6 Å². The molecule has 0 spiro atoms. The van der Waals surface area contributed by atoms with Crippen LogP contribution in [0.3, 0.4) is 0 Å². The third-order valence-electron chi connectivity index (χ3n) is 4.51. The maximum atomic E-state index is 13.3. The Balaban J connectivity index is 1.72. The molecule has 0 atom stereocenters. The van der Waals surface area contributed by atoms with Crippen molar-refractivity contribution in [3.63, 3.8) is 0 Å². The monoisotopic (exact) mass is 453 g/mol. The highest BCUT2D eigenvalue weighted by Crippen LogP contribution is 2.34. The molecule has 4 rings (SSSR count). The van der Waals surface area contributed by atoms with Gasteiger partial charge in [-0.15, -0.1) is 0 Å². The lowest BCUT2D eigenvalue weighted by molar-refractivity contribution is 0.0984. The van der Waals surface area contributed by atoms with Crippen molar-refractivity contribution in [3.05, 3.63) is 89.0 Å². The molecule has 0 unspecified atom stereocenters. The van der Waals surface area contributed by atoms with Crippen LogP contribution in [0.4, 0.5) is 10.1 Å². The van der Waals surface area contributed by atoms with Crippen LogP contribution >= 0.6 is 23.4 Å². The van der Waals surface area contributed by atoms with Crippen LogP contribution in [-0.4, -0.2) is 22.9 Å². The minimum atomic E-state index is -0.370. The molecule has 2 heterocycles. The van der Waals surface area contributed by atoms with Gasteiger partial charge in [0.25, 0.3) is 5.91 Å². The van der Waals surface area contributed by atoms with Crippen LogP contribution in [0, 0.1) is 12.7 Å². The summed E-state index contributed by atoms with van der Waals surface area (Å²) in [7, 11) is 1.67. The third kappa shape index (κ3) is 4.78. The molecule has 0 bridgehead atoms. The largest absolute Gasteiger partial charge is 0.429 e. The van der Waals surface area contributed by atoms with Crippen molar-refractivity contribution in [1.82, 2.24) is 9.97 Å². The van der Waals surface area contributed by atoms with Crippen LogP contribution in [0.25, 0.3) is 11.5 Å². The summed E-state index contributed by atoms with van der Waals surface area (Å²) < 4.78 is 19.2. The Morgan fingerprint density at radius 3 is 2.42 bits per heavy atom. The number of hydrogen-bond donors (Lipinski definition) is 0. The second kappa shape index (κ2) is 8.91. The van der Waals surface area contributed by atoms with Crippen LogP contribution in [0.1, 0.15) is 16.1 Å². The molecule has 156 valence electrons. The second-order valence-electron chi connectivity index (χ2n) is 6.78. The van der Waals surface area contributed by atoms with Gasteiger partial charge >= 0.3 is 0 Å². The Morgan fingerprint density at radius 1 is 1.06 bits per heavy atom. The zero-order valence-electron chi connectivity index (χ0n) is 16.7. The second-order valence-corrected chi connectivity index (χ2v) is 8.21. The average molecular weight is 454 g/mol. The first-order valence-electron chi connectivity index (χ1n) is 9.31. The maximum absolute atomic E-state index is 13.3. The summed E-state index contributed by atoms with van der Waals surface area (Å²) in [6.07, 6.45) is 1.51. The Morgan fingerprint density at radius 2 is 1.77 bits per heavy atom. The number of pyridine rings is 1. The third-order valence-corrected chi connectivity index (χ3v) is 5.65. The number of nitrogens with zero attached hydrogens (tertiary/aromatic N) is 3. The van der Waals surface area contributed by atoms with Crippen molar-refractivity contribution in [3.8, 4) is 11.5 Å². The molecule has 0 aliphatic heterocycles. The van der Waals surface area contributed by atoms with Gasteiger partial charge < -0.3 is 9.32 Å². The number of benzene rings is 2. The summed E-state index contributed by atoms with van der Waals surface area (Å²) in [5, 5.41) is 1.39. The van der Waals surface area contributed by atoms with Gasteiger partial charge in [-0.3, -0.25) is 4.79 Å². The predicted octanol–water partition coefficient (Wildman–Crippen LogP) is 6.27. The van der Waals surface area contributed by atoms with Crippen LogP contribution in [0.15, 0.2) is 81.4 Å². The normalized spacial score (nSPS) is 10.8. The number of aromatic nitrogens is 2. The molecule has 0 fully saturated rings. The number of aryl methyl sites for hydroxylation is 1. The topological polar surface area (TPSA) is 59.2 Å². The van der Waals surface area contributed by atoms with Gasteiger partial charge in [0.15, 0.2) is 5.69 Å². The maximum Gasteiger partial charge on any atom is 0.281 e. The smallest absolute Gasteiger partial charge is 0.281 e. The highest BCUT2D eigenvalue weighted by Gasteiger charge is 2.25. The van der Waals surface area contributed by atoms with Gasteiger partial charge in [0.05, 0.1) is 5.02 Å². The van der Waals surface area contributed by atoms with Crippen molar-refractivity contribution in [2.24, 2.45) is 0 Å². The van der Waals surface area contributed by atoms with E-state index in [2.05, 4.69) is 9.97 Å². The van der Waals surface area contributed by atoms with Crippen LogP contribution in [-0.2, 0) is 0 Å². The SMILES string of the molecule is Cc1ccc(N(C)C(=O)c2nc(-c3ccc(F)cc3)oc2Sc2ccc(Cl)cn2)cc1. The molecule has 2 aromatic heterocycles. The molecule has 8 heteroatoms. The van der Waals surface area contributed by atoms with Crippen molar-refractivity contribution in [1.29, 1.82) is 0 Å². The molecule has 5 nitrogen and oxygen atoms in total. The van der Waals surface area contributed by atoms with Crippen LogP contribution < -0.4 is 4.90 Å². The van der Waals surface area contributed by atoms with E-state index < -0.39 is 0 Å². The van der Waals surface area contributed by atoms with E-state index in [1.54, 1.807) is 31.3 Å². The molecular formula is C23H17ClFN3O2S. The Labute approximate surface area is 187 Å². The van der Waals surface area contributed by atoms with E-state index >= 15 is 0 Å². The number of carbonyl (C=O) groups excluding carboxylic acids is 1. The van der Waals surface area contributed by atoms with Gasteiger partial charge in [0.1, 0.15) is 10.8 Å². The highest BCUT2D eigenvalue weighted by atomic mass is 35.5. The van der Waals surface area contributed by atoms with E-state index in [9.17, 15) is 9.18 Å². The average Bonchev–Trinajstić information content (AvgIpc) is 3.19. The molecular weight excluding hydrogens is 437 g/mol. The zero-order valence-corrected chi connectivity index (χ0v) is 18.2. The molecule has 0 radical (unpaired) electrons. The summed E-state index contributed by atoms with van der Waals surface area (Å²) in [6, 6.07) is 16.7. The van der Waals surface area contributed by atoms with Crippen molar-refractivity contribution in [2.75, 3.05) is 11.9 Å². The van der Waals surface area contributed by atoms with Gasteiger partial charge in [0.2, 0.25) is 11.0 Å². The molecule has 0 aliphatic rings. The Bertz CT molecular complexity index is 1210. The van der Waals surface area contributed by atoms with E-state index in [1.165, 1.54) is 23.2 Å². The first kappa shape index (κ1) is 21.1. The molecule has 0 saturated carbocycles. The lowest BCUT2D eigenvalue weighted by atomic mass is 10.2. The molecule has 0 N–H and O–H groups in total. The van der Waals surface area contributed by atoms with E-state index in [4.69, 9.17) is 16.0 Å². The predicted molar refractivity (Wildman–Crippen MR) is 119 cm³/mol. The zero-order chi connectivity index (χ0) is 22.0. The highest BCUT2D eigenvalue weighted by molar-refractivity contribution is 7.99. The Hall–Kier alpha value is -3.16. The standard InChI is InChI=1S/C23H17ClFN3O2S/c1-14-3-10-18(11-4-14)28(2)22(29)20-23(31-19-12-7-16(24)13-26-19)30-21(27-20)15-5-8-17(25)9-6-15/h3-13H,1-2H3.